The van der Waals surface area contributed by atoms with Crippen LogP contribution in [0.5, 0.6) is 0 Å². The first kappa shape index (κ1) is 15.4. The van der Waals surface area contributed by atoms with Gasteiger partial charge in [-0.25, -0.2) is 4.98 Å². The monoisotopic (exact) mass is 308 g/mol. The quantitative estimate of drug-likeness (QED) is 0.841. The summed E-state index contributed by atoms with van der Waals surface area (Å²) in [5.41, 5.74) is 1.22. The van der Waals surface area contributed by atoms with E-state index in [4.69, 9.17) is 9.72 Å². The van der Waals surface area contributed by atoms with Crippen molar-refractivity contribution >= 4 is 11.3 Å². The third-order valence-electron chi connectivity index (χ3n) is 5.10. The van der Waals surface area contributed by atoms with Crippen molar-refractivity contribution in [3.63, 3.8) is 0 Å². The minimum atomic E-state index is -0.102. The number of nitrogens with one attached hydrogen (secondary N) is 1. The highest BCUT2D eigenvalue weighted by Crippen LogP contribution is 2.44. The van der Waals surface area contributed by atoms with Gasteiger partial charge >= 0.3 is 0 Å². The number of rotatable bonds is 4. The molecule has 0 saturated heterocycles. The molecule has 2 aliphatic carbocycles. The largest absolute Gasteiger partial charge is 0.371 e. The molecule has 21 heavy (non-hydrogen) atoms. The average Bonchev–Trinajstić information content (AvgIpc) is 2.80. The summed E-state index contributed by atoms with van der Waals surface area (Å²) in [7, 11) is 1.88. The number of aryl methyl sites for hydroxylation is 1. The maximum Gasteiger partial charge on any atom is 0.125 e. The Morgan fingerprint density at radius 2 is 2.00 bits per heavy atom. The fourth-order valence-electron chi connectivity index (χ4n) is 3.86. The van der Waals surface area contributed by atoms with E-state index in [0.29, 0.717) is 6.04 Å². The average molecular weight is 308 g/mol. The Kier molecular flexibility index (Phi) is 4.97. The van der Waals surface area contributed by atoms with Gasteiger partial charge in [0.15, 0.2) is 0 Å². The molecule has 118 valence electrons. The van der Waals surface area contributed by atoms with Crippen molar-refractivity contribution in [2.45, 2.75) is 76.4 Å². The molecule has 1 aromatic rings. The topological polar surface area (TPSA) is 34.1 Å². The molecule has 0 amide bonds. The van der Waals surface area contributed by atoms with Crippen molar-refractivity contribution in [1.29, 1.82) is 0 Å². The molecule has 1 atom stereocenters. The molecule has 4 heteroatoms. The highest BCUT2D eigenvalue weighted by atomic mass is 32.1. The van der Waals surface area contributed by atoms with E-state index < -0.39 is 0 Å². The first-order chi connectivity index (χ1) is 10.3. The van der Waals surface area contributed by atoms with Crippen LogP contribution in [-0.2, 0) is 16.8 Å². The van der Waals surface area contributed by atoms with Crippen LogP contribution < -0.4 is 5.32 Å². The Balaban J connectivity index is 1.91. The summed E-state index contributed by atoms with van der Waals surface area (Å²) in [6.07, 6.45) is 11.2. The minimum Gasteiger partial charge on any atom is -0.371 e. The Labute approximate surface area is 132 Å². The lowest BCUT2D eigenvalue weighted by Crippen LogP contribution is -2.28. The predicted molar refractivity (Wildman–Crippen MR) is 87.9 cm³/mol. The molecule has 0 spiro atoms. The Hall–Kier alpha value is -0.450. The molecular weight excluding hydrogens is 280 g/mol. The van der Waals surface area contributed by atoms with Crippen LogP contribution in [0.2, 0.25) is 0 Å². The second kappa shape index (κ2) is 6.76. The fraction of sp³-hybridized carbons (Fsp3) is 0.824. The van der Waals surface area contributed by atoms with Gasteiger partial charge in [-0.1, -0.05) is 32.6 Å². The van der Waals surface area contributed by atoms with Crippen molar-refractivity contribution < 1.29 is 4.74 Å². The Morgan fingerprint density at radius 1 is 1.24 bits per heavy atom. The summed E-state index contributed by atoms with van der Waals surface area (Å²) in [6, 6.07) is 0.462. The van der Waals surface area contributed by atoms with Gasteiger partial charge in [-0.05, 0) is 38.6 Å². The van der Waals surface area contributed by atoms with Crippen LogP contribution in [0.15, 0.2) is 0 Å². The first-order valence-electron chi connectivity index (χ1n) is 8.57. The SMILES string of the molecule is CCNC1CCCc2sc(C3(OC)CCCCCC3)nc21. The fourth-order valence-corrected chi connectivity index (χ4v) is 5.25. The molecule has 0 radical (unpaired) electrons. The van der Waals surface area contributed by atoms with E-state index in [1.165, 1.54) is 60.5 Å². The van der Waals surface area contributed by atoms with Crippen molar-refractivity contribution in [1.82, 2.24) is 10.3 Å². The molecule has 1 unspecified atom stereocenters. The van der Waals surface area contributed by atoms with Gasteiger partial charge in [0.05, 0.1) is 11.7 Å². The molecule has 1 heterocycles. The van der Waals surface area contributed by atoms with Crippen LogP contribution in [0.3, 0.4) is 0 Å². The van der Waals surface area contributed by atoms with E-state index in [2.05, 4.69) is 12.2 Å². The lowest BCUT2D eigenvalue weighted by atomic mass is 9.94. The van der Waals surface area contributed by atoms with Gasteiger partial charge < -0.3 is 10.1 Å². The molecule has 0 aliphatic heterocycles. The van der Waals surface area contributed by atoms with E-state index in [-0.39, 0.29) is 5.60 Å². The molecular formula is C17H28N2OS. The maximum absolute atomic E-state index is 6.05. The smallest absolute Gasteiger partial charge is 0.125 e. The number of hydrogen-bond acceptors (Lipinski definition) is 4. The van der Waals surface area contributed by atoms with Crippen molar-refractivity contribution in [2.75, 3.05) is 13.7 Å². The molecule has 1 aromatic heterocycles. The lowest BCUT2D eigenvalue weighted by molar-refractivity contribution is -0.0281. The zero-order valence-electron chi connectivity index (χ0n) is 13.4. The molecule has 3 nitrogen and oxygen atoms in total. The van der Waals surface area contributed by atoms with Gasteiger partial charge in [0.25, 0.3) is 0 Å². The summed E-state index contributed by atoms with van der Waals surface area (Å²) in [5.74, 6) is 0. The summed E-state index contributed by atoms with van der Waals surface area (Å²) < 4.78 is 6.05. The molecule has 2 aliphatic rings. The Bertz CT molecular complexity index is 463. The van der Waals surface area contributed by atoms with Gasteiger partial charge in [-0.15, -0.1) is 11.3 Å². The van der Waals surface area contributed by atoms with E-state index in [9.17, 15) is 0 Å². The second-order valence-electron chi connectivity index (χ2n) is 6.44. The van der Waals surface area contributed by atoms with E-state index >= 15 is 0 Å². The van der Waals surface area contributed by atoms with Crippen LogP contribution in [0.1, 0.15) is 79.9 Å². The van der Waals surface area contributed by atoms with Gasteiger partial charge in [-0.3, -0.25) is 0 Å². The van der Waals surface area contributed by atoms with Gasteiger partial charge in [0.1, 0.15) is 10.6 Å². The van der Waals surface area contributed by atoms with Gasteiger partial charge in [0.2, 0.25) is 0 Å². The standard InChI is InChI=1S/C17H28N2OS/c1-3-18-13-9-8-10-14-15(13)19-16(21-14)17(20-2)11-6-4-5-7-12-17/h13,18H,3-12H2,1-2H3. The van der Waals surface area contributed by atoms with E-state index in [1.54, 1.807) is 0 Å². The zero-order valence-corrected chi connectivity index (χ0v) is 14.2. The molecule has 3 rings (SSSR count). The van der Waals surface area contributed by atoms with Crippen molar-refractivity contribution in [3.05, 3.63) is 15.6 Å². The van der Waals surface area contributed by atoms with Gasteiger partial charge in [0, 0.05) is 12.0 Å². The third kappa shape index (κ3) is 3.03. The number of thiazole rings is 1. The molecule has 1 N–H and O–H groups in total. The number of methoxy groups -OCH3 is 1. The number of fused-ring (bicyclic) bond motifs is 1. The number of hydrogen-bond donors (Lipinski definition) is 1. The molecule has 0 aromatic carbocycles. The van der Waals surface area contributed by atoms with Crippen molar-refractivity contribution in [2.24, 2.45) is 0 Å². The van der Waals surface area contributed by atoms with Crippen LogP contribution in [0.4, 0.5) is 0 Å². The Morgan fingerprint density at radius 3 is 2.67 bits per heavy atom. The maximum atomic E-state index is 6.05. The molecule has 0 bridgehead atoms. The summed E-state index contributed by atoms with van der Waals surface area (Å²) in [5, 5.41) is 4.85. The van der Waals surface area contributed by atoms with Crippen LogP contribution in [0, 0.1) is 0 Å². The first-order valence-corrected chi connectivity index (χ1v) is 9.39. The molecule has 1 fully saturated rings. The summed E-state index contributed by atoms with van der Waals surface area (Å²) in [6.45, 7) is 3.20. The number of aromatic nitrogens is 1. The zero-order chi connectivity index (χ0) is 14.7. The number of nitrogens with zero attached hydrogens (tertiary/aromatic N) is 1. The summed E-state index contributed by atoms with van der Waals surface area (Å²) >= 11 is 1.93. The van der Waals surface area contributed by atoms with E-state index in [1.807, 2.05) is 18.4 Å². The van der Waals surface area contributed by atoms with Gasteiger partial charge in [-0.2, -0.15) is 0 Å². The highest BCUT2D eigenvalue weighted by Gasteiger charge is 2.38. The van der Waals surface area contributed by atoms with Crippen LogP contribution in [0.25, 0.3) is 0 Å². The third-order valence-corrected chi connectivity index (χ3v) is 6.41. The predicted octanol–water partition coefficient (Wildman–Crippen LogP) is 4.33. The van der Waals surface area contributed by atoms with Crippen LogP contribution in [-0.4, -0.2) is 18.6 Å². The van der Waals surface area contributed by atoms with E-state index in [0.717, 1.165) is 19.4 Å². The van der Waals surface area contributed by atoms with Crippen LogP contribution >= 0.6 is 11.3 Å². The minimum absolute atomic E-state index is 0.102. The number of ether oxygens (including phenoxy) is 1. The molecule has 1 saturated carbocycles. The normalized spacial score (nSPS) is 25.3. The second-order valence-corrected chi connectivity index (χ2v) is 7.53. The lowest BCUT2D eigenvalue weighted by Gasteiger charge is -2.29. The highest BCUT2D eigenvalue weighted by molar-refractivity contribution is 7.11. The van der Waals surface area contributed by atoms with Crippen molar-refractivity contribution in [3.8, 4) is 0 Å². The summed E-state index contributed by atoms with van der Waals surface area (Å²) in [4.78, 5) is 6.59.